The van der Waals surface area contributed by atoms with Crippen LogP contribution in [0.15, 0.2) is 36.4 Å². The SMILES string of the molecule is Cc1cccc(Oc2ccc([C@H](C)N)cc2Cl)c1C. The van der Waals surface area contributed by atoms with Gasteiger partial charge in [0.05, 0.1) is 5.02 Å². The molecule has 0 radical (unpaired) electrons. The second-order valence-electron chi connectivity index (χ2n) is 4.78. The predicted octanol–water partition coefficient (Wildman–Crippen LogP) is 4.77. The van der Waals surface area contributed by atoms with Crippen molar-refractivity contribution < 1.29 is 4.74 Å². The Balaban J connectivity index is 2.31. The maximum atomic E-state index is 6.23. The van der Waals surface area contributed by atoms with Gasteiger partial charge >= 0.3 is 0 Å². The number of aryl methyl sites for hydroxylation is 1. The summed E-state index contributed by atoms with van der Waals surface area (Å²) in [5.41, 5.74) is 9.14. The fraction of sp³-hybridized carbons (Fsp3) is 0.250. The van der Waals surface area contributed by atoms with Gasteiger partial charge < -0.3 is 10.5 Å². The number of nitrogens with two attached hydrogens (primary N) is 1. The molecule has 0 unspecified atom stereocenters. The first kappa shape index (κ1) is 13.9. The highest BCUT2D eigenvalue weighted by molar-refractivity contribution is 6.32. The van der Waals surface area contributed by atoms with Crippen molar-refractivity contribution in [3.05, 3.63) is 58.1 Å². The van der Waals surface area contributed by atoms with Crippen molar-refractivity contribution in [3.8, 4) is 11.5 Å². The summed E-state index contributed by atoms with van der Waals surface area (Å²) in [6.45, 7) is 6.02. The van der Waals surface area contributed by atoms with Gasteiger partial charge in [-0.1, -0.05) is 29.8 Å². The van der Waals surface area contributed by atoms with Gasteiger partial charge in [0.1, 0.15) is 11.5 Å². The van der Waals surface area contributed by atoms with Gasteiger partial charge in [-0.05, 0) is 55.7 Å². The summed E-state index contributed by atoms with van der Waals surface area (Å²) in [4.78, 5) is 0. The minimum Gasteiger partial charge on any atom is -0.456 e. The molecular formula is C16H18ClNO. The molecule has 3 heteroatoms. The maximum Gasteiger partial charge on any atom is 0.146 e. The van der Waals surface area contributed by atoms with Gasteiger partial charge in [-0.2, -0.15) is 0 Å². The number of halogens is 1. The van der Waals surface area contributed by atoms with Crippen LogP contribution in [0.4, 0.5) is 0 Å². The molecule has 2 nitrogen and oxygen atoms in total. The molecule has 0 saturated heterocycles. The molecule has 1 atom stereocenters. The lowest BCUT2D eigenvalue weighted by molar-refractivity contribution is 0.478. The van der Waals surface area contributed by atoms with Crippen LogP contribution in [0.2, 0.25) is 5.02 Å². The minimum absolute atomic E-state index is 0.0349. The van der Waals surface area contributed by atoms with Gasteiger partial charge in [0.2, 0.25) is 0 Å². The smallest absolute Gasteiger partial charge is 0.146 e. The molecule has 0 spiro atoms. The Bertz CT molecular complexity index is 593. The summed E-state index contributed by atoms with van der Waals surface area (Å²) in [5, 5.41) is 0.579. The van der Waals surface area contributed by atoms with Crippen LogP contribution in [-0.2, 0) is 0 Å². The molecule has 100 valence electrons. The van der Waals surface area contributed by atoms with Crippen molar-refractivity contribution in [1.29, 1.82) is 0 Å². The van der Waals surface area contributed by atoms with Crippen molar-refractivity contribution in [2.75, 3.05) is 0 Å². The number of rotatable bonds is 3. The van der Waals surface area contributed by atoms with Gasteiger partial charge in [0.25, 0.3) is 0 Å². The number of hydrogen-bond donors (Lipinski definition) is 1. The van der Waals surface area contributed by atoms with Crippen LogP contribution in [0.25, 0.3) is 0 Å². The third kappa shape index (κ3) is 3.09. The molecule has 0 heterocycles. The van der Waals surface area contributed by atoms with E-state index in [0.717, 1.165) is 16.9 Å². The Labute approximate surface area is 119 Å². The molecule has 0 amide bonds. The van der Waals surface area contributed by atoms with E-state index in [-0.39, 0.29) is 6.04 Å². The van der Waals surface area contributed by atoms with E-state index in [4.69, 9.17) is 22.1 Å². The lowest BCUT2D eigenvalue weighted by Crippen LogP contribution is -2.04. The molecule has 2 aromatic rings. The second-order valence-corrected chi connectivity index (χ2v) is 5.19. The van der Waals surface area contributed by atoms with Crippen LogP contribution in [0.3, 0.4) is 0 Å². The zero-order valence-electron chi connectivity index (χ0n) is 11.4. The van der Waals surface area contributed by atoms with E-state index < -0.39 is 0 Å². The summed E-state index contributed by atoms with van der Waals surface area (Å²) >= 11 is 6.23. The summed E-state index contributed by atoms with van der Waals surface area (Å²) in [7, 11) is 0. The Kier molecular flexibility index (Phi) is 4.13. The van der Waals surface area contributed by atoms with Crippen LogP contribution >= 0.6 is 11.6 Å². The zero-order valence-corrected chi connectivity index (χ0v) is 12.2. The van der Waals surface area contributed by atoms with Crippen molar-refractivity contribution in [3.63, 3.8) is 0 Å². The first-order valence-corrected chi connectivity index (χ1v) is 6.66. The number of benzene rings is 2. The first-order chi connectivity index (χ1) is 8.99. The standard InChI is InChI=1S/C16H18ClNO/c1-10-5-4-6-15(11(10)2)19-16-8-7-13(12(3)18)9-14(16)17/h4-9,12H,18H2,1-3H3/t12-/m0/s1. The third-order valence-electron chi connectivity index (χ3n) is 3.26. The second kappa shape index (κ2) is 5.64. The Hall–Kier alpha value is -1.51. The van der Waals surface area contributed by atoms with Crippen molar-refractivity contribution in [1.82, 2.24) is 0 Å². The summed E-state index contributed by atoms with van der Waals surface area (Å²) < 4.78 is 5.88. The molecule has 19 heavy (non-hydrogen) atoms. The van der Waals surface area contributed by atoms with Gasteiger partial charge in [-0.3, -0.25) is 0 Å². The largest absolute Gasteiger partial charge is 0.456 e. The molecule has 0 aromatic heterocycles. The number of hydrogen-bond acceptors (Lipinski definition) is 2. The Morgan fingerprint density at radius 1 is 1.11 bits per heavy atom. The molecular weight excluding hydrogens is 258 g/mol. The maximum absolute atomic E-state index is 6.23. The summed E-state index contributed by atoms with van der Waals surface area (Å²) in [5.74, 6) is 1.48. The van der Waals surface area contributed by atoms with Crippen molar-refractivity contribution in [2.24, 2.45) is 5.73 Å². The monoisotopic (exact) mass is 275 g/mol. The third-order valence-corrected chi connectivity index (χ3v) is 3.55. The molecule has 2 rings (SSSR count). The molecule has 0 bridgehead atoms. The molecule has 2 N–H and O–H groups in total. The van der Waals surface area contributed by atoms with Crippen LogP contribution < -0.4 is 10.5 Å². The molecule has 2 aromatic carbocycles. The zero-order chi connectivity index (χ0) is 14.0. The van der Waals surface area contributed by atoms with Crippen LogP contribution in [0.5, 0.6) is 11.5 Å². The van der Waals surface area contributed by atoms with E-state index in [1.54, 1.807) is 0 Å². The highest BCUT2D eigenvalue weighted by Crippen LogP contribution is 2.33. The molecule has 0 saturated carbocycles. The average Bonchev–Trinajstić information content (AvgIpc) is 2.37. The first-order valence-electron chi connectivity index (χ1n) is 6.28. The highest BCUT2D eigenvalue weighted by atomic mass is 35.5. The van der Waals surface area contributed by atoms with Crippen molar-refractivity contribution in [2.45, 2.75) is 26.8 Å². The summed E-state index contributed by atoms with van der Waals surface area (Å²) in [6.07, 6.45) is 0. The van der Waals surface area contributed by atoms with Gasteiger partial charge in [-0.25, -0.2) is 0 Å². The van der Waals surface area contributed by atoms with Gasteiger partial charge in [0, 0.05) is 6.04 Å². The predicted molar refractivity (Wildman–Crippen MR) is 80.0 cm³/mol. The van der Waals surface area contributed by atoms with E-state index in [0.29, 0.717) is 10.8 Å². The molecule has 0 aliphatic heterocycles. The van der Waals surface area contributed by atoms with Crippen molar-refractivity contribution >= 4 is 11.6 Å². The fourth-order valence-electron chi connectivity index (χ4n) is 1.84. The Morgan fingerprint density at radius 2 is 1.84 bits per heavy atom. The van der Waals surface area contributed by atoms with E-state index in [9.17, 15) is 0 Å². The average molecular weight is 276 g/mol. The number of ether oxygens (including phenoxy) is 1. The molecule has 0 fully saturated rings. The normalized spacial score (nSPS) is 12.3. The van der Waals surface area contributed by atoms with E-state index in [1.165, 1.54) is 5.56 Å². The van der Waals surface area contributed by atoms with Crippen LogP contribution in [0, 0.1) is 13.8 Å². The molecule has 0 aliphatic carbocycles. The quantitative estimate of drug-likeness (QED) is 0.876. The van der Waals surface area contributed by atoms with Gasteiger partial charge in [-0.15, -0.1) is 0 Å². The van der Waals surface area contributed by atoms with Crippen LogP contribution in [-0.4, -0.2) is 0 Å². The lowest BCUT2D eigenvalue weighted by atomic mass is 10.1. The topological polar surface area (TPSA) is 35.2 Å². The summed E-state index contributed by atoms with van der Waals surface area (Å²) in [6, 6.07) is 11.6. The molecule has 0 aliphatic rings. The van der Waals surface area contributed by atoms with Gasteiger partial charge in [0.15, 0.2) is 0 Å². The Morgan fingerprint density at radius 3 is 2.47 bits per heavy atom. The van der Waals surface area contributed by atoms with E-state index in [1.807, 2.05) is 44.2 Å². The highest BCUT2D eigenvalue weighted by Gasteiger charge is 2.09. The van der Waals surface area contributed by atoms with E-state index in [2.05, 4.69) is 13.0 Å². The van der Waals surface area contributed by atoms with E-state index >= 15 is 0 Å². The van der Waals surface area contributed by atoms with Crippen LogP contribution in [0.1, 0.15) is 29.7 Å². The fourth-order valence-corrected chi connectivity index (χ4v) is 2.06. The lowest BCUT2D eigenvalue weighted by Gasteiger charge is -2.13. The minimum atomic E-state index is -0.0349.